The first-order valence-corrected chi connectivity index (χ1v) is 7.13. The molecule has 5 heteroatoms. The Kier molecular flexibility index (Phi) is 6.85. The molecule has 0 aromatic heterocycles. The molecule has 0 unspecified atom stereocenters. The first kappa shape index (κ1) is 17.1. The van der Waals surface area contributed by atoms with Crippen molar-refractivity contribution in [3.63, 3.8) is 0 Å². The number of amides is 1. The Hall–Kier alpha value is -1.91. The van der Waals surface area contributed by atoms with Gasteiger partial charge < -0.3 is 9.64 Å². The lowest BCUT2D eigenvalue weighted by Crippen LogP contribution is -2.39. The molecule has 0 fully saturated rings. The van der Waals surface area contributed by atoms with Crippen molar-refractivity contribution < 1.29 is 18.7 Å². The van der Waals surface area contributed by atoms with Crippen LogP contribution in [-0.2, 0) is 20.7 Å². The maximum atomic E-state index is 12.8. The summed E-state index contributed by atoms with van der Waals surface area (Å²) in [5, 5.41) is 0. The van der Waals surface area contributed by atoms with Crippen molar-refractivity contribution in [3.8, 4) is 0 Å². The highest BCUT2D eigenvalue weighted by Crippen LogP contribution is 2.09. The van der Waals surface area contributed by atoms with Crippen LogP contribution >= 0.6 is 0 Å². The van der Waals surface area contributed by atoms with Gasteiger partial charge in [0.2, 0.25) is 5.91 Å². The van der Waals surface area contributed by atoms with E-state index in [9.17, 15) is 14.0 Å². The maximum absolute atomic E-state index is 12.8. The Morgan fingerprint density at radius 2 is 1.86 bits per heavy atom. The van der Waals surface area contributed by atoms with Crippen LogP contribution in [0.4, 0.5) is 4.39 Å². The maximum Gasteiger partial charge on any atom is 0.307 e. The summed E-state index contributed by atoms with van der Waals surface area (Å²) in [6, 6.07) is 5.85. The van der Waals surface area contributed by atoms with E-state index in [0.29, 0.717) is 13.2 Å². The molecule has 0 aliphatic rings. The lowest BCUT2D eigenvalue weighted by molar-refractivity contribution is -0.144. The molecule has 21 heavy (non-hydrogen) atoms. The van der Waals surface area contributed by atoms with Crippen LogP contribution in [0.2, 0.25) is 0 Å². The fourth-order valence-electron chi connectivity index (χ4n) is 1.99. The number of carbonyl (C=O) groups is 2. The summed E-state index contributed by atoms with van der Waals surface area (Å²) < 4.78 is 17.7. The van der Waals surface area contributed by atoms with Crippen molar-refractivity contribution in [1.29, 1.82) is 0 Å². The molecule has 0 saturated carbocycles. The minimum atomic E-state index is -0.325. The zero-order valence-corrected chi connectivity index (χ0v) is 12.8. The summed E-state index contributed by atoms with van der Waals surface area (Å²) in [6.07, 6.45) is 0.377. The number of halogens is 1. The number of nitrogens with zero attached hydrogens (tertiary/aromatic N) is 1. The summed E-state index contributed by atoms with van der Waals surface area (Å²) in [4.78, 5) is 25.3. The van der Waals surface area contributed by atoms with Crippen molar-refractivity contribution in [2.24, 2.45) is 0 Å². The third kappa shape index (κ3) is 5.94. The number of hydrogen-bond donors (Lipinski definition) is 0. The summed E-state index contributed by atoms with van der Waals surface area (Å²) in [5.41, 5.74) is 0.753. The lowest BCUT2D eigenvalue weighted by Gasteiger charge is -2.26. The van der Waals surface area contributed by atoms with Crippen LogP contribution in [0.25, 0.3) is 0 Å². The molecule has 0 aliphatic carbocycles. The third-order valence-electron chi connectivity index (χ3n) is 3.07. The van der Waals surface area contributed by atoms with Gasteiger partial charge >= 0.3 is 5.97 Å². The predicted molar refractivity (Wildman–Crippen MR) is 78.2 cm³/mol. The molecule has 0 atom stereocenters. The molecule has 1 aromatic rings. The van der Waals surface area contributed by atoms with Crippen molar-refractivity contribution in [1.82, 2.24) is 4.90 Å². The van der Waals surface area contributed by atoms with Gasteiger partial charge in [-0.1, -0.05) is 12.1 Å². The van der Waals surface area contributed by atoms with E-state index < -0.39 is 0 Å². The molecule has 0 saturated heterocycles. The number of hydrogen-bond acceptors (Lipinski definition) is 3. The SMILES string of the molecule is CCOC(=O)CCN(C(=O)Cc1ccc(F)cc1)C(C)C. The Balaban J connectivity index is 2.60. The van der Waals surface area contributed by atoms with Gasteiger partial charge in [0.05, 0.1) is 19.4 Å². The molecule has 0 spiro atoms. The fraction of sp³-hybridized carbons (Fsp3) is 0.500. The molecule has 1 amide bonds. The Labute approximate surface area is 124 Å². The van der Waals surface area contributed by atoms with Gasteiger partial charge in [0.1, 0.15) is 5.82 Å². The molecule has 0 bridgehead atoms. The number of carbonyl (C=O) groups excluding carboxylic acids is 2. The normalized spacial score (nSPS) is 10.5. The Morgan fingerprint density at radius 3 is 2.38 bits per heavy atom. The minimum absolute atomic E-state index is 0.00706. The van der Waals surface area contributed by atoms with Crippen LogP contribution < -0.4 is 0 Å². The van der Waals surface area contributed by atoms with Gasteiger partial charge in [-0.2, -0.15) is 0 Å². The molecule has 0 radical (unpaired) electrons. The van der Waals surface area contributed by atoms with Gasteiger partial charge in [-0.05, 0) is 38.5 Å². The second kappa shape index (κ2) is 8.39. The largest absolute Gasteiger partial charge is 0.466 e. The predicted octanol–water partition coefficient (Wildman–Crippen LogP) is 2.56. The number of esters is 1. The number of benzene rings is 1. The van der Waals surface area contributed by atoms with E-state index in [1.54, 1.807) is 24.0 Å². The van der Waals surface area contributed by atoms with Gasteiger partial charge in [-0.3, -0.25) is 9.59 Å². The van der Waals surface area contributed by atoms with Crippen LogP contribution in [0.3, 0.4) is 0 Å². The standard InChI is InChI=1S/C16H22FNO3/c1-4-21-16(20)9-10-18(12(2)3)15(19)11-13-5-7-14(17)8-6-13/h5-8,12H,4,9-11H2,1-3H3. The highest BCUT2D eigenvalue weighted by Gasteiger charge is 2.18. The first-order valence-electron chi connectivity index (χ1n) is 7.13. The van der Waals surface area contributed by atoms with E-state index in [2.05, 4.69) is 0 Å². The second-order valence-electron chi connectivity index (χ2n) is 5.04. The van der Waals surface area contributed by atoms with Gasteiger partial charge in [0, 0.05) is 12.6 Å². The van der Waals surface area contributed by atoms with Gasteiger partial charge in [-0.15, -0.1) is 0 Å². The fourth-order valence-corrected chi connectivity index (χ4v) is 1.99. The Bertz CT molecular complexity index is 471. The lowest BCUT2D eigenvalue weighted by atomic mass is 10.1. The number of rotatable bonds is 7. The monoisotopic (exact) mass is 295 g/mol. The van der Waals surface area contributed by atoms with Gasteiger partial charge in [0.15, 0.2) is 0 Å². The van der Waals surface area contributed by atoms with Crippen LogP contribution in [0, 0.1) is 5.82 Å². The van der Waals surface area contributed by atoms with Gasteiger partial charge in [-0.25, -0.2) is 4.39 Å². The summed E-state index contributed by atoms with van der Waals surface area (Å²) >= 11 is 0. The van der Waals surface area contributed by atoms with Crippen LogP contribution in [0.1, 0.15) is 32.8 Å². The topological polar surface area (TPSA) is 46.6 Å². The highest BCUT2D eigenvalue weighted by molar-refractivity contribution is 5.79. The third-order valence-corrected chi connectivity index (χ3v) is 3.07. The van der Waals surface area contributed by atoms with E-state index in [0.717, 1.165) is 5.56 Å². The van der Waals surface area contributed by atoms with Gasteiger partial charge in [0.25, 0.3) is 0 Å². The van der Waals surface area contributed by atoms with Crippen molar-refractivity contribution >= 4 is 11.9 Å². The molecular formula is C16H22FNO3. The van der Waals surface area contributed by atoms with Crippen molar-refractivity contribution in [2.45, 2.75) is 39.7 Å². The molecule has 1 aromatic carbocycles. The molecule has 1 rings (SSSR count). The number of ether oxygens (including phenoxy) is 1. The molecule has 0 aliphatic heterocycles. The van der Waals surface area contributed by atoms with E-state index in [4.69, 9.17) is 4.74 Å². The van der Waals surface area contributed by atoms with Crippen LogP contribution in [0.5, 0.6) is 0 Å². The van der Waals surface area contributed by atoms with E-state index in [1.807, 2.05) is 13.8 Å². The zero-order valence-electron chi connectivity index (χ0n) is 12.8. The molecule has 116 valence electrons. The summed E-state index contributed by atoms with van der Waals surface area (Å²) in [6.45, 7) is 6.21. The molecule has 0 N–H and O–H groups in total. The molecule has 0 heterocycles. The second-order valence-corrected chi connectivity index (χ2v) is 5.04. The summed E-state index contributed by atoms with van der Waals surface area (Å²) in [7, 11) is 0. The summed E-state index contributed by atoms with van der Waals surface area (Å²) in [5.74, 6) is -0.715. The highest BCUT2D eigenvalue weighted by atomic mass is 19.1. The van der Waals surface area contributed by atoms with E-state index >= 15 is 0 Å². The smallest absolute Gasteiger partial charge is 0.307 e. The van der Waals surface area contributed by atoms with E-state index in [1.165, 1.54) is 12.1 Å². The van der Waals surface area contributed by atoms with Crippen LogP contribution in [-0.4, -0.2) is 36.0 Å². The van der Waals surface area contributed by atoms with Crippen LogP contribution in [0.15, 0.2) is 24.3 Å². The van der Waals surface area contributed by atoms with E-state index in [-0.39, 0.29) is 36.6 Å². The minimum Gasteiger partial charge on any atom is -0.466 e. The first-order chi connectivity index (χ1) is 9.93. The quantitative estimate of drug-likeness (QED) is 0.726. The zero-order chi connectivity index (χ0) is 15.8. The van der Waals surface area contributed by atoms with Crippen molar-refractivity contribution in [2.75, 3.05) is 13.2 Å². The molecule has 4 nitrogen and oxygen atoms in total. The average Bonchev–Trinajstić information content (AvgIpc) is 2.41. The Morgan fingerprint density at radius 1 is 1.24 bits per heavy atom. The average molecular weight is 295 g/mol. The van der Waals surface area contributed by atoms with Crippen molar-refractivity contribution in [3.05, 3.63) is 35.6 Å². The molecular weight excluding hydrogens is 273 g/mol.